The molecule has 1 aromatic carbocycles. The van der Waals surface area contributed by atoms with Crippen molar-refractivity contribution < 1.29 is 18.0 Å². The lowest BCUT2D eigenvalue weighted by atomic mass is 9.32. The van der Waals surface area contributed by atoms with Gasteiger partial charge in [0, 0.05) is 11.0 Å². The lowest BCUT2D eigenvalue weighted by Gasteiger charge is -2.72. The van der Waals surface area contributed by atoms with E-state index in [-0.39, 0.29) is 27.1 Å². The first kappa shape index (κ1) is 34.6. The van der Waals surface area contributed by atoms with Gasteiger partial charge in [-0.1, -0.05) is 65.0 Å². The highest BCUT2D eigenvalue weighted by atomic mass is 32.2. The second-order valence-electron chi connectivity index (χ2n) is 18.0. The van der Waals surface area contributed by atoms with Crippen molar-refractivity contribution in [2.45, 2.75) is 125 Å². The Labute approximate surface area is 284 Å². The molecule has 47 heavy (non-hydrogen) atoms. The third kappa shape index (κ3) is 4.83. The van der Waals surface area contributed by atoms with E-state index in [9.17, 15) is 18.0 Å². The van der Waals surface area contributed by atoms with Crippen molar-refractivity contribution in [3.05, 3.63) is 53.6 Å². The molecule has 0 aromatic heterocycles. The Bertz CT molecular complexity index is 1620. The number of fused-ring (bicyclic) bond motifs is 7. The molecule has 6 heteroatoms. The molecule has 5 nitrogen and oxygen atoms in total. The third-order valence-electron chi connectivity index (χ3n) is 15.7. The highest BCUT2D eigenvalue weighted by Gasteiger charge is 2.71. The maximum Gasteiger partial charge on any atom is 0.264 e. The van der Waals surface area contributed by atoms with Crippen LogP contribution < -0.4 is 4.72 Å². The van der Waals surface area contributed by atoms with Crippen LogP contribution >= 0.6 is 0 Å². The molecule has 0 bridgehead atoms. The zero-order valence-electron chi connectivity index (χ0n) is 30.5. The first-order valence-corrected chi connectivity index (χ1v) is 19.8. The van der Waals surface area contributed by atoms with Crippen molar-refractivity contribution in [3.63, 3.8) is 0 Å². The van der Waals surface area contributed by atoms with E-state index in [1.54, 1.807) is 26.0 Å². The molecular formula is C41H59NO4S. The van der Waals surface area contributed by atoms with Crippen LogP contribution in [-0.2, 0) is 14.8 Å². The molecule has 1 aromatic rings. The standard InChI is InChI=1S/C41H59NO4S/c1-25(2)30-17-22-41(27(5)43)24-23-39(9)32(35(30)41)15-16-34-38(8)20-18-31(37(6,7)33(38)19-21-40(34,39)10)28-11-13-29(14-12-28)36(44)42-47(45,46)26(3)4/h11-14,18,26,30,32-35H,1,15-17,19-24H2,2-10H3,(H,42,44)/t30-,32+,33-,34+,35+,38-,39+,40+,41+/m0/s1. The number of benzene rings is 1. The molecule has 0 radical (unpaired) electrons. The van der Waals surface area contributed by atoms with E-state index < -0.39 is 21.2 Å². The molecule has 1 amide bonds. The first-order chi connectivity index (χ1) is 21.8. The topological polar surface area (TPSA) is 80.3 Å². The summed E-state index contributed by atoms with van der Waals surface area (Å²) in [5.41, 5.74) is 4.49. The molecule has 0 heterocycles. The molecule has 5 aliphatic carbocycles. The highest BCUT2D eigenvalue weighted by Crippen LogP contribution is 2.77. The number of nitrogens with one attached hydrogen (secondary N) is 1. The zero-order chi connectivity index (χ0) is 34.5. The van der Waals surface area contributed by atoms with Gasteiger partial charge in [-0.15, -0.1) is 0 Å². The lowest BCUT2D eigenvalue weighted by Crippen LogP contribution is -2.65. The van der Waals surface area contributed by atoms with Gasteiger partial charge >= 0.3 is 0 Å². The SMILES string of the molecule is C=C(C)[C@@H]1CC[C@]2(C(C)=O)CC[C@]3(C)[C@H](CC[C@@H]4[C@@]5(C)CC=C(c6ccc(C(=O)NS(=O)(=O)C(C)C)cc6)C(C)(C)[C@@H]5CC[C@]43C)[C@@H]12. The summed E-state index contributed by atoms with van der Waals surface area (Å²) in [6.45, 7) is 24.4. The molecule has 6 rings (SSSR count). The number of hydrogen-bond acceptors (Lipinski definition) is 4. The molecule has 0 unspecified atom stereocenters. The molecule has 0 spiro atoms. The molecule has 1 N–H and O–H groups in total. The van der Waals surface area contributed by atoms with Crippen LogP contribution in [-0.4, -0.2) is 25.4 Å². The predicted molar refractivity (Wildman–Crippen MR) is 191 cm³/mol. The van der Waals surface area contributed by atoms with E-state index in [2.05, 4.69) is 58.9 Å². The van der Waals surface area contributed by atoms with Crippen LogP contribution in [0.5, 0.6) is 0 Å². The molecule has 258 valence electrons. The van der Waals surface area contributed by atoms with Gasteiger partial charge in [-0.2, -0.15) is 0 Å². The number of amides is 1. The summed E-state index contributed by atoms with van der Waals surface area (Å²) in [4.78, 5) is 26.2. The summed E-state index contributed by atoms with van der Waals surface area (Å²) < 4.78 is 26.7. The largest absolute Gasteiger partial charge is 0.299 e. The van der Waals surface area contributed by atoms with Crippen molar-refractivity contribution in [1.82, 2.24) is 4.72 Å². The zero-order valence-corrected chi connectivity index (χ0v) is 31.3. The normalized spacial score (nSPS) is 40.7. The Kier molecular flexibility index (Phi) is 8.22. The summed E-state index contributed by atoms with van der Waals surface area (Å²) >= 11 is 0. The monoisotopic (exact) mass is 661 g/mol. The van der Waals surface area contributed by atoms with Gasteiger partial charge in [-0.05, 0) is 160 Å². The van der Waals surface area contributed by atoms with Gasteiger partial charge in [0.25, 0.3) is 5.91 Å². The van der Waals surface area contributed by atoms with Crippen LogP contribution in [0.15, 0.2) is 42.5 Å². The Morgan fingerprint density at radius 2 is 1.51 bits per heavy atom. The van der Waals surface area contributed by atoms with Crippen molar-refractivity contribution in [1.29, 1.82) is 0 Å². The van der Waals surface area contributed by atoms with Crippen molar-refractivity contribution in [2.75, 3.05) is 0 Å². The number of sulfonamides is 1. The van der Waals surface area contributed by atoms with E-state index in [1.807, 2.05) is 19.1 Å². The Balaban J connectivity index is 1.30. The minimum absolute atomic E-state index is 0.0519. The fourth-order valence-electron chi connectivity index (χ4n) is 12.9. The van der Waals surface area contributed by atoms with Crippen LogP contribution in [0.1, 0.15) is 136 Å². The van der Waals surface area contributed by atoms with Crippen LogP contribution in [0, 0.1) is 56.7 Å². The number of allylic oxidation sites excluding steroid dienone is 3. The number of rotatable bonds is 6. The fourth-order valence-corrected chi connectivity index (χ4v) is 13.6. The van der Waals surface area contributed by atoms with Crippen LogP contribution in [0.25, 0.3) is 5.57 Å². The number of ketones is 1. The van der Waals surface area contributed by atoms with E-state index in [1.165, 1.54) is 36.8 Å². The maximum atomic E-state index is 13.4. The smallest absolute Gasteiger partial charge is 0.264 e. The second-order valence-corrected chi connectivity index (χ2v) is 20.3. The number of hydrogen-bond donors (Lipinski definition) is 1. The molecule has 0 saturated heterocycles. The third-order valence-corrected chi connectivity index (χ3v) is 17.4. The van der Waals surface area contributed by atoms with E-state index in [0.717, 1.165) is 37.7 Å². The van der Waals surface area contributed by atoms with Gasteiger partial charge in [0.05, 0.1) is 5.25 Å². The summed E-state index contributed by atoms with van der Waals surface area (Å²) in [7, 11) is -3.69. The quantitative estimate of drug-likeness (QED) is 0.308. The van der Waals surface area contributed by atoms with E-state index >= 15 is 0 Å². The van der Waals surface area contributed by atoms with E-state index in [0.29, 0.717) is 40.9 Å². The molecule has 4 fully saturated rings. The van der Waals surface area contributed by atoms with Gasteiger partial charge in [0.15, 0.2) is 0 Å². The fraction of sp³-hybridized carbons (Fsp3) is 0.707. The van der Waals surface area contributed by atoms with E-state index in [4.69, 9.17) is 0 Å². The molecule has 5 aliphatic rings. The first-order valence-electron chi connectivity index (χ1n) is 18.3. The van der Waals surface area contributed by atoms with Crippen molar-refractivity contribution >= 4 is 27.3 Å². The number of carbonyl (C=O) groups excluding carboxylic acids is 2. The van der Waals surface area contributed by atoms with Crippen LogP contribution in [0.3, 0.4) is 0 Å². The van der Waals surface area contributed by atoms with Crippen LogP contribution in [0.4, 0.5) is 0 Å². The number of carbonyl (C=O) groups is 2. The van der Waals surface area contributed by atoms with Gasteiger partial charge in [-0.25, -0.2) is 13.1 Å². The Morgan fingerprint density at radius 1 is 0.851 bits per heavy atom. The van der Waals surface area contributed by atoms with Crippen molar-refractivity contribution in [2.24, 2.45) is 56.7 Å². The summed E-state index contributed by atoms with van der Waals surface area (Å²) in [5.74, 6) is 2.46. The molecule has 0 aliphatic heterocycles. The second kappa shape index (κ2) is 11.2. The average Bonchev–Trinajstić information content (AvgIpc) is 3.39. The van der Waals surface area contributed by atoms with Crippen LogP contribution in [0.2, 0.25) is 0 Å². The summed E-state index contributed by atoms with van der Waals surface area (Å²) in [5, 5.41) is -0.675. The van der Waals surface area contributed by atoms with Crippen molar-refractivity contribution in [3.8, 4) is 0 Å². The Hall–Kier alpha value is -2.21. The minimum atomic E-state index is -3.69. The lowest BCUT2D eigenvalue weighted by molar-refractivity contribution is -0.224. The predicted octanol–water partition coefficient (Wildman–Crippen LogP) is 9.39. The van der Waals surface area contributed by atoms with Gasteiger partial charge in [-0.3, -0.25) is 9.59 Å². The van der Waals surface area contributed by atoms with Gasteiger partial charge < -0.3 is 0 Å². The summed E-state index contributed by atoms with van der Waals surface area (Å²) in [6, 6.07) is 7.51. The van der Waals surface area contributed by atoms with Gasteiger partial charge in [0.2, 0.25) is 10.0 Å². The van der Waals surface area contributed by atoms with Gasteiger partial charge in [0.1, 0.15) is 5.78 Å². The summed E-state index contributed by atoms with van der Waals surface area (Å²) in [6.07, 6.45) is 12.8. The molecule has 4 saturated carbocycles. The maximum absolute atomic E-state index is 13.4. The Morgan fingerprint density at radius 3 is 2.11 bits per heavy atom. The molecular weight excluding hydrogens is 603 g/mol. The average molecular weight is 662 g/mol. The molecule has 9 atom stereocenters. The number of Topliss-reactive ketones (excluding diaryl/α,β-unsaturated/α-hetero) is 1. The highest BCUT2D eigenvalue weighted by molar-refractivity contribution is 7.90. The minimum Gasteiger partial charge on any atom is -0.299 e.